The summed E-state index contributed by atoms with van der Waals surface area (Å²) in [7, 11) is -7.20. The maximum Gasteiger partial charge on any atom is 0.261 e. The van der Waals surface area contributed by atoms with Crippen LogP contribution in [0.2, 0.25) is 0 Å². The summed E-state index contributed by atoms with van der Waals surface area (Å²) in [5, 5.41) is 0. The first-order valence-electron chi connectivity index (χ1n) is 9.62. The number of hydrogen-bond donors (Lipinski definition) is 1. The summed E-state index contributed by atoms with van der Waals surface area (Å²) in [5.74, 6) is 0.664. The second-order valence-corrected chi connectivity index (χ2v) is 11.1. The third-order valence-electron chi connectivity index (χ3n) is 5.33. The molecule has 4 rings (SSSR count). The number of fused-ring (bicyclic) bond motifs is 1. The highest BCUT2D eigenvalue weighted by molar-refractivity contribution is 7.92. The summed E-state index contributed by atoms with van der Waals surface area (Å²) in [4.78, 5) is 0.122. The number of anilines is 2. The molecule has 0 saturated heterocycles. The van der Waals surface area contributed by atoms with Crippen molar-refractivity contribution in [1.29, 1.82) is 0 Å². The summed E-state index contributed by atoms with van der Waals surface area (Å²) in [6, 6.07) is 11.3. The number of ether oxygens (including phenoxy) is 1. The van der Waals surface area contributed by atoms with Gasteiger partial charge in [0.2, 0.25) is 10.0 Å². The Morgan fingerprint density at radius 2 is 1.69 bits per heavy atom. The molecular weight excluding hydrogens is 412 g/mol. The lowest BCUT2D eigenvalue weighted by atomic mass is 10.1. The molecule has 0 amide bonds. The standard InChI is InChI=1S/C20H24N2O5S2/c1-28(23,24)22-13-12-15-6-7-16(14-20(15)22)21-29(25,26)19-10-8-18(9-11-19)27-17-4-2-3-5-17/h6-11,14,17,21H,2-5,12-13H2,1H3. The van der Waals surface area contributed by atoms with Crippen LogP contribution in [0.15, 0.2) is 47.4 Å². The van der Waals surface area contributed by atoms with Crippen molar-refractivity contribution in [2.75, 3.05) is 21.8 Å². The maximum atomic E-state index is 12.8. The molecule has 2 aromatic rings. The van der Waals surface area contributed by atoms with Gasteiger partial charge in [-0.25, -0.2) is 16.8 Å². The molecule has 1 fully saturated rings. The highest BCUT2D eigenvalue weighted by Gasteiger charge is 2.27. The number of nitrogens with one attached hydrogen (secondary N) is 1. The fourth-order valence-corrected chi connectivity index (χ4v) is 5.87. The Labute approximate surface area is 171 Å². The molecule has 2 aromatic carbocycles. The Kier molecular flexibility index (Phi) is 5.20. The van der Waals surface area contributed by atoms with Crippen LogP contribution in [0.25, 0.3) is 0 Å². The predicted molar refractivity (Wildman–Crippen MR) is 112 cm³/mol. The lowest BCUT2D eigenvalue weighted by Gasteiger charge is -2.17. The van der Waals surface area contributed by atoms with Crippen LogP contribution in [0.1, 0.15) is 31.2 Å². The number of nitrogens with zero attached hydrogens (tertiary/aromatic N) is 1. The number of hydrogen-bond acceptors (Lipinski definition) is 5. The second-order valence-electron chi connectivity index (χ2n) is 7.53. The van der Waals surface area contributed by atoms with Gasteiger partial charge in [0.1, 0.15) is 5.75 Å². The minimum atomic E-state index is -3.80. The average molecular weight is 437 g/mol. The van der Waals surface area contributed by atoms with E-state index in [-0.39, 0.29) is 11.0 Å². The number of rotatable bonds is 6. The maximum absolute atomic E-state index is 12.8. The summed E-state index contributed by atoms with van der Waals surface area (Å²) >= 11 is 0. The molecule has 0 unspecified atom stereocenters. The fourth-order valence-electron chi connectivity index (χ4n) is 3.87. The van der Waals surface area contributed by atoms with E-state index in [9.17, 15) is 16.8 Å². The minimum Gasteiger partial charge on any atom is -0.490 e. The van der Waals surface area contributed by atoms with Gasteiger partial charge in [-0.15, -0.1) is 0 Å². The molecule has 0 aromatic heterocycles. The molecule has 7 nitrogen and oxygen atoms in total. The van der Waals surface area contributed by atoms with E-state index in [4.69, 9.17) is 4.74 Å². The van der Waals surface area contributed by atoms with Gasteiger partial charge in [0.05, 0.1) is 28.6 Å². The quantitative estimate of drug-likeness (QED) is 0.751. The Bertz CT molecular complexity index is 1110. The highest BCUT2D eigenvalue weighted by atomic mass is 32.2. The van der Waals surface area contributed by atoms with Crippen LogP contribution in [0, 0.1) is 0 Å². The van der Waals surface area contributed by atoms with Crippen molar-refractivity contribution in [2.45, 2.75) is 43.1 Å². The summed E-state index contributed by atoms with van der Waals surface area (Å²) < 4.78 is 59.1. The normalized spacial score (nSPS) is 17.3. The third-order valence-corrected chi connectivity index (χ3v) is 7.91. The zero-order chi connectivity index (χ0) is 20.6. The molecule has 1 heterocycles. The van der Waals surface area contributed by atoms with Gasteiger partial charge in [-0.2, -0.15) is 0 Å². The molecule has 1 aliphatic carbocycles. The Hall–Kier alpha value is -2.26. The summed E-state index contributed by atoms with van der Waals surface area (Å²) in [6.07, 6.45) is 6.36. The van der Waals surface area contributed by atoms with Crippen LogP contribution < -0.4 is 13.8 Å². The van der Waals surface area contributed by atoms with Crippen molar-refractivity contribution >= 4 is 31.4 Å². The van der Waals surface area contributed by atoms with Crippen molar-refractivity contribution in [3.8, 4) is 5.75 Å². The van der Waals surface area contributed by atoms with Gasteiger partial charge in [0.15, 0.2) is 0 Å². The van der Waals surface area contributed by atoms with Crippen LogP contribution >= 0.6 is 0 Å². The molecule has 2 aliphatic rings. The van der Waals surface area contributed by atoms with Crippen molar-refractivity contribution in [3.63, 3.8) is 0 Å². The zero-order valence-electron chi connectivity index (χ0n) is 16.2. The lowest BCUT2D eigenvalue weighted by molar-refractivity contribution is 0.210. The highest BCUT2D eigenvalue weighted by Crippen LogP contribution is 2.33. The van der Waals surface area contributed by atoms with Gasteiger partial charge in [-0.1, -0.05) is 6.07 Å². The molecule has 0 spiro atoms. The fraction of sp³-hybridized carbons (Fsp3) is 0.400. The monoisotopic (exact) mass is 436 g/mol. The molecule has 1 saturated carbocycles. The van der Waals surface area contributed by atoms with Crippen LogP contribution in [0.3, 0.4) is 0 Å². The second kappa shape index (κ2) is 7.53. The topological polar surface area (TPSA) is 92.8 Å². The van der Waals surface area contributed by atoms with Gasteiger partial charge in [0, 0.05) is 6.54 Å². The Morgan fingerprint density at radius 3 is 2.34 bits per heavy atom. The lowest BCUT2D eigenvalue weighted by Crippen LogP contribution is -2.27. The van der Waals surface area contributed by atoms with Crippen LogP contribution in [-0.4, -0.2) is 35.7 Å². The largest absolute Gasteiger partial charge is 0.490 e. The summed E-state index contributed by atoms with van der Waals surface area (Å²) in [5.41, 5.74) is 1.73. The van der Waals surface area contributed by atoms with E-state index in [1.54, 1.807) is 30.3 Å². The molecular formula is C20H24N2O5S2. The van der Waals surface area contributed by atoms with Crippen molar-refractivity contribution in [3.05, 3.63) is 48.0 Å². The van der Waals surface area contributed by atoms with Gasteiger partial charge in [-0.3, -0.25) is 9.03 Å². The van der Waals surface area contributed by atoms with Gasteiger partial charge in [0.25, 0.3) is 10.0 Å². The Morgan fingerprint density at radius 1 is 1.00 bits per heavy atom. The molecule has 1 N–H and O–H groups in total. The summed E-state index contributed by atoms with van der Waals surface area (Å²) in [6.45, 7) is 0.368. The van der Waals surface area contributed by atoms with Gasteiger partial charge < -0.3 is 4.74 Å². The first-order valence-corrected chi connectivity index (χ1v) is 13.0. The van der Waals surface area contributed by atoms with E-state index in [1.807, 2.05) is 0 Å². The van der Waals surface area contributed by atoms with Gasteiger partial charge in [-0.05, 0) is 74.1 Å². The van der Waals surface area contributed by atoms with E-state index in [2.05, 4.69) is 4.72 Å². The average Bonchev–Trinajstić information content (AvgIpc) is 3.30. The molecule has 29 heavy (non-hydrogen) atoms. The molecule has 0 radical (unpaired) electrons. The smallest absolute Gasteiger partial charge is 0.261 e. The zero-order valence-corrected chi connectivity index (χ0v) is 17.8. The SMILES string of the molecule is CS(=O)(=O)N1CCc2ccc(NS(=O)(=O)c3ccc(OC4CCCC4)cc3)cc21. The number of sulfonamides is 2. The van der Waals surface area contributed by atoms with E-state index in [1.165, 1.54) is 29.3 Å². The van der Waals surface area contributed by atoms with E-state index >= 15 is 0 Å². The third kappa shape index (κ3) is 4.35. The van der Waals surface area contributed by atoms with Gasteiger partial charge >= 0.3 is 0 Å². The van der Waals surface area contributed by atoms with Crippen molar-refractivity contribution in [2.24, 2.45) is 0 Å². The molecule has 0 atom stereocenters. The number of benzene rings is 2. The van der Waals surface area contributed by atoms with E-state index < -0.39 is 20.0 Å². The first kappa shape index (κ1) is 20.0. The van der Waals surface area contributed by atoms with Crippen molar-refractivity contribution < 1.29 is 21.6 Å². The van der Waals surface area contributed by atoms with Crippen molar-refractivity contribution in [1.82, 2.24) is 0 Å². The van der Waals surface area contributed by atoms with Crippen LogP contribution in [0.4, 0.5) is 11.4 Å². The minimum absolute atomic E-state index is 0.122. The van der Waals surface area contributed by atoms with E-state index in [0.717, 1.165) is 24.7 Å². The first-order chi connectivity index (χ1) is 13.7. The molecule has 1 aliphatic heterocycles. The molecule has 9 heteroatoms. The van der Waals surface area contributed by atoms with E-state index in [0.29, 0.717) is 30.1 Å². The Balaban J connectivity index is 1.52. The van der Waals surface area contributed by atoms with Crippen LogP contribution in [0.5, 0.6) is 5.75 Å². The predicted octanol–water partition coefficient (Wildman–Crippen LogP) is 3.13. The molecule has 0 bridgehead atoms. The molecule has 156 valence electrons. The van der Waals surface area contributed by atoms with Crippen LogP contribution in [-0.2, 0) is 26.5 Å².